The minimum absolute atomic E-state index is 0.0232. The van der Waals surface area contributed by atoms with Crippen LogP contribution in [0, 0.1) is 0 Å². The van der Waals surface area contributed by atoms with E-state index in [4.69, 9.17) is 0 Å². The third-order valence-electron chi connectivity index (χ3n) is 4.24. The Morgan fingerprint density at radius 1 is 1.21 bits per heavy atom. The molecule has 1 aromatic heterocycles. The van der Waals surface area contributed by atoms with Crippen molar-refractivity contribution in [2.75, 3.05) is 26.2 Å². The van der Waals surface area contributed by atoms with E-state index in [0.717, 1.165) is 6.42 Å². The highest BCUT2D eigenvalue weighted by molar-refractivity contribution is 5.98. The lowest BCUT2D eigenvalue weighted by molar-refractivity contribution is -0.130. The zero-order chi connectivity index (χ0) is 17.7. The van der Waals surface area contributed by atoms with Gasteiger partial charge in [0, 0.05) is 50.9 Å². The Bertz CT molecular complexity index is 624. The summed E-state index contributed by atoms with van der Waals surface area (Å²) in [6, 6.07) is 3.19. The number of amides is 3. The summed E-state index contributed by atoms with van der Waals surface area (Å²) >= 11 is 0. The molecule has 1 fully saturated rings. The largest absolute Gasteiger partial charge is 0.348 e. The maximum Gasteiger partial charge on any atom is 0.270 e. The number of nitrogens with zero attached hydrogens (tertiary/aromatic N) is 3. The second kappa shape index (κ2) is 7.90. The van der Waals surface area contributed by atoms with Crippen molar-refractivity contribution in [1.82, 2.24) is 20.1 Å². The number of carbonyl (C=O) groups excluding carboxylic acids is 3. The second-order valence-corrected chi connectivity index (χ2v) is 6.01. The van der Waals surface area contributed by atoms with Gasteiger partial charge in [0.05, 0.1) is 0 Å². The van der Waals surface area contributed by atoms with Crippen LogP contribution in [0.2, 0.25) is 0 Å². The van der Waals surface area contributed by atoms with Gasteiger partial charge >= 0.3 is 0 Å². The first-order chi connectivity index (χ1) is 11.4. The molecule has 1 atom stereocenters. The van der Waals surface area contributed by atoms with Crippen LogP contribution in [0.25, 0.3) is 0 Å². The van der Waals surface area contributed by atoms with Crippen molar-refractivity contribution in [3.05, 3.63) is 29.6 Å². The Hall–Kier alpha value is -2.44. The summed E-state index contributed by atoms with van der Waals surface area (Å²) in [4.78, 5) is 43.6. The summed E-state index contributed by atoms with van der Waals surface area (Å²) in [6.07, 6.45) is 2.30. The number of nitrogens with one attached hydrogen (secondary N) is 1. The molecule has 7 heteroatoms. The predicted molar refractivity (Wildman–Crippen MR) is 89.6 cm³/mol. The molecule has 2 rings (SSSR count). The lowest BCUT2D eigenvalue weighted by Crippen LogP contribution is -2.50. The molecular formula is C17H24N4O3. The molecule has 24 heavy (non-hydrogen) atoms. The van der Waals surface area contributed by atoms with E-state index in [1.165, 1.54) is 19.2 Å². The van der Waals surface area contributed by atoms with Crippen LogP contribution in [-0.4, -0.2) is 64.7 Å². The second-order valence-electron chi connectivity index (χ2n) is 6.01. The monoisotopic (exact) mass is 332 g/mol. The number of hydrogen-bond acceptors (Lipinski definition) is 4. The summed E-state index contributed by atoms with van der Waals surface area (Å²) in [7, 11) is 0. The number of hydrogen-bond donors (Lipinski definition) is 1. The van der Waals surface area contributed by atoms with E-state index in [2.05, 4.69) is 10.3 Å². The standard InChI is InChI=1S/C17H24N4O3/c1-4-12(2)19-16(23)15-11-14(5-6-18-15)17(24)21-9-7-20(8-10-21)13(3)22/h5-6,11-12H,4,7-10H2,1-3H3,(H,19,23). The van der Waals surface area contributed by atoms with E-state index in [1.54, 1.807) is 15.9 Å². The topological polar surface area (TPSA) is 82.6 Å². The highest BCUT2D eigenvalue weighted by Gasteiger charge is 2.24. The first kappa shape index (κ1) is 17.9. The minimum atomic E-state index is -0.277. The average molecular weight is 332 g/mol. The molecule has 1 saturated heterocycles. The van der Waals surface area contributed by atoms with E-state index in [0.29, 0.717) is 31.7 Å². The van der Waals surface area contributed by atoms with E-state index in [1.807, 2.05) is 13.8 Å². The van der Waals surface area contributed by atoms with Gasteiger partial charge in [-0.05, 0) is 25.5 Å². The van der Waals surface area contributed by atoms with Gasteiger partial charge in [0.25, 0.3) is 11.8 Å². The Labute approximate surface area is 142 Å². The molecule has 130 valence electrons. The average Bonchev–Trinajstić information content (AvgIpc) is 2.61. The van der Waals surface area contributed by atoms with Crippen molar-refractivity contribution in [3.8, 4) is 0 Å². The van der Waals surface area contributed by atoms with Crippen LogP contribution in [0.4, 0.5) is 0 Å². The maximum absolute atomic E-state index is 12.6. The molecule has 2 heterocycles. The first-order valence-corrected chi connectivity index (χ1v) is 8.24. The summed E-state index contributed by atoms with van der Waals surface area (Å²) in [5.41, 5.74) is 0.680. The molecule has 1 aromatic rings. The van der Waals surface area contributed by atoms with Gasteiger partial charge in [-0.25, -0.2) is 0 Å². The third kappa shape index (κ3) is 4.31. The van der Waals surface area contributed by atoms with Crippen LogP contribution in [0.5, 0.6) is 0 Å². The van der Waals surface area contributed by atoms with Crippen molar-refractivity contribution < 1.29 is 14.4 Å². The zero-order valence-electron chi connectivity index (χ0n) is 14.4. The van der Waals surface area contributed by atoms with Crippen LogP contribution in [0.15, 0.2) is 18.3 Å². The molecule has 0 saturated carbocycles. The Kier molecular flexibility index (Phi) is 5.89. The van der Waals surface area contributed by atoms with Crippen LogP contribution in [0.3, 0.4) is 0 Å². The van der Waals surface area contributed by atoms with Gasteiger partial charge in [0.1, 0.15) is 5.69 Å². The van der Waals surface area contributed by atoms with Gasteiger partial charge < -0.3 is 15.1 Å². The molecule has 0 spiro atoms. The van der Waals surface area contributed by atoms with Crippen molar-refractivity contribution >= 4 is 17.7 Å². The maximum atomic E-state index is 12.6. The fourth-order valence-corrected chi connectivity index (χ4v) is 2.49. The van der Waals surface area contributed by atoms with Crippen molar-refractivity contribution in [2.45, 2.75) is 33.2 Å². The molecule has 0 bridgehead atoms. The van der Waals surface area contributed by atoms with Gasteiger partial charge in [0.15, 0.2) is 0 Å². The number of piperazine rings is 1. The van der Waals surface area contributed by atoms with Crippen LogP contribution in [0.1, 0.15) is 48.0 Å². The van der Waals surface area contributed by atoms with Gasteiger partial charge in [-0.2, -0.15) is 0 Å². The minimum Gasteiger partial charge on any atom is -0.348 e. The van der Waals surface area contributed by atoms with Crippen LogP contribution < -0.4 is 5.32 Å². The number of rotatable bonds is 4. The molecule has 1 N–H and O–H groups in total. The summed E-state index contributed by atoms with van der Waals surface area (Å²) < 4.78 is 0. The van der Waals surface area contributed by atoms with Gasteiger partial charge in [-0.15, -0.1) is 0 Å². The van der Waals surface area contributed by atoms with Crippen LogP contribution >= 0.6 is 0 Å². The highest BCUT2D eigenvalue weighted by atomic mass is 16.2. The number of pyridine rings is 1. The fourth-order valence-electron chi connectivity index (χ4n) is 2.49. The molecule has 1 unspecified atom stereocenters. The van der Waals surface area contributed by atoms with E-state index in [-0.39, 0.29) is 29.5 Å². The SMILES string of the molecule is CCC(C)NC(=O)c1cc(C(=O)N2CCN(C(C)=O)CC2)ccn1. The molecule has 1 aliphatic heterocycles. The number of carbonyl (C=O) groups is 3. The summed E-state index contributed by atoms with van der Waals surface area (Å²) in [5, 5.41) is 2.84. The van der Waals surface area contributed by atoms with Crippen LogP contribution in [-0.2, 0) is 4.79 Å². The van der Waals surface area contributed by atoms with Crippen molar-refractivity contribution in [1.29, 1.82) is 0 Å². The van der Waals surface area contributed by atoms with E-state index in [9.17, 15) is 14.4 Å². The fraction of sp³-hybridized carbons (Fsp3) is 0.529. The van der Waals surface area contributed by atoms with Gasteiger partial charge in [-0.3, -0.25) is 19.4 Å². The molecule has 0 radical (unpaired) electrons. The zero-order valence-corrected chi connectivity index (χ0v) is 14.4. The molecular weight excluding hydrogens is 308 g/mol. The van der Waals surface area contributed by atoms with E-state index < -0.39 is 0 Å². The molecule has 0 aliphatic carbocycles. The van der Waals surface area contributed by atoms with E-state index >= 15 is 0 Å². The highest BCUT2D eigenvalue weighted by Crippen LogP contribution is 2.10. The van der Waals surface area contributed by atoms with Crippen molar-refractivity contribution in [2.24, 2.45) is 0 Å². The smallest absolute Gasteiger partial charge is 0.270 e. The molecule has 0 aromatic carbocycles. The van der Waals surface area contributed by atoms with Crippen molar-refractivity contribution in [3.63, 3.8) is 0 Å². The summed E-state index contributed by atoms with van der Waals surface area (Å²) in [6.45, 7) is 7.49. The molecule has 7 nitrogen and oxygen atoms in total. The first-order valence-electron chi connectivity index (χ1n) is 8.24. The normalized spacial score (nSPS) is 15.8. The third-order valence-corrected chi connectivity index (χ3v) is 4.24. The quantitative estimate of drug-likeness (QED) is 0.888. The van der Waals surface area contributed by atoms with Gasteiger partial charge in [-0.1, -0.05) is 6.92 Å². The Morgan fingerprint density at radius 2 is 1.83 bits per heavy atom. The van der Waals surface area contributed by atoms with Gasteiger partial charge in [0.2, 0.25) is 5.91 Å². The lowest BCUT2D eigenvalue weighted by atomic mass is 10.1. The Balaban J connectivity index is 2.04. The lowest BCUT2D eigenvalue weighted by Gasteiger charge is -2.34. The summed E-state index contributed by atoms with van der Waals surface area (Å²) in [5.74, 6) is -0.395. The number of aromatic nitrogens is 1. The Morgan fingerprint density at radius 3 is 2.42 bits per heavy atom. The molecule has 1 aliphatic rings. The predicted octanol–water partition coefficient (Wildman–Crippen LogP) is 0.914. The molecule has 3 amide bonds.